The highest BCUT2D eigenvalue weighted by molar-refractivity contribution is 5.94. The van der Waals surface area contributed by atoms with E-state index in [1.54, 1.807) is 0 Å². The number of benzene rings is 3. The first-order valence-electron chi connectivity index (χ1n) is 10.9. The number of para-hydroxylation sites is 2. The highest BCUT2D eigenvalue weighted by atomic mass is 16.5. The average Bonchev–Trinajstić information content (AvgIpc) is 3.12. The maximum atomic E-state index is 12.8. The summed E-state index contributed by atoms with van der Waals surface area (Å²) in [5, 5.41) is 3.09. The lowest BCUT2D eigenvalue weighted by Crippen LogP contribution is -2.29. The van der Waals surface area contributed by atoms with Crippen LogP contribution in [0.3, 0.4) is 0 Å². The second-order valence-corrected chi connectivity index (χ2v) is 8.34. The first kappa shape index (κ1) is 21.6. The van der Waals surface area contributed by atoms with Crippen molar-refractivity contribution in [3.05, 3.63) is 94.8 Å². The van der Waals surface area contributed by atoms with Crippen molar-refractivity contribution in [3.8, 4) is 5.75 Å². The van der Waals surface area contributed by atoms with E-state index >= 15 is 0 Å². The number of ether oxygens (including phenoxy) is 1. The largest absolute Gasteiger partial charge is 0.492 e. The lowest BCUT2D eigenvalue weighted by Gasteiger charge is -2.17. The number of carbonyl (C=O) groups is 1. The molecule has 1 N–H and O–H groups in total. The third-order valence-electron chi connectivity index (χ3n) is 5.51. The van der Waals surface area contributed by atoms with Gasteiger partial charge in [-0.05, 0) is 75.2 Å². The van der Waals surface area contributed by atoms with Gasteiger partial charge in [0, 0.05) is 5.56 Å². The molecule has 0 aliphatic carbocycles. The highest BCUT2D eigenvalue weighted by Gasteiger charge is 2.19. The fraction of sp³-hybridized carbons (Fsp3) is 0.259. The Bertz CT molecular complexity index is 1220. The van der Waals surface area contributed by atoms with Gasteiger partial charge in [0.1, 0.15) is 18.2 Å². The van der Waals surface area contributed by atoms with Gasteiger partial charge in [0.25, 0.3) is 5.91 Å². The molecule has 1 unspecified atom stereocenters. The minimum atomic E-state index is -0.252. The number of nitrogens with zero attached hydrogens (tertiary/aromatic N) is 2. The lowest BCUT2D eigenvalue weighted by atomic mass is 10.1. The quantitative estimate of drug-likeness (QED) is 0.422. The zero-order valence-electron chi connectivity index (χ0n) is 19.1. The summed E-state index contributed by atoms with van der Waals surface area (Å²) in [6.45, 7) is 9.25. The van der Waals surface area contributed by atoms with Gasteiger partial charge in [-0.25, -0.2) is 4.98 Å². The maximum absolute atomic E-state index is 12.8. The number of hydrogen-bond acceptors (Lipinski definition) is 3. The van der Waals surface area contributed by atoms with Crippen LogP contribution in [-0.4, -0.2) is 22.1 Å². The first-order valence-corrected chi connectivity index (χ1v) is 10.9. The highest BCUT2D eigenvalue weighted by Crippen LogP contribution is 2.22. The summed E-state index contributed by atoms with van der Waals surface area (Å²) >= 11 is 0. The van der Waals surface area contributed by atoms with Crippen molar-refractivity contribution < 1.29 is 9.53 Å². The number of amides is 1. The SMILES string of the molecule is Cc1ccc(C(=O)NC(C)c2nc3ccccc3n2CCOc2cc(C)cc(C)c2)cc1. The van der Waals surface area contributed by atoms with E-state index in [2.05, 4.69) is 35.9 Å². The van der Waals surface area contributed by atoms with Crippen molar-refractivity contribution in [2.45, 2.75) is 40.3 Å². The van der Waals surface area contributed by atoms with E-state index in [0.717, 1.165) is 28.2 Å². The Morgan fingerprint density at radius 3 is 2.38 bits per heavy atom. The molecular formula is C27H29N3O2. The van der Waals surface area contributed by atoms with E-state index in [0.29, 0.717) is 18.7 Å². The second kappa shape index (κ2) is 9.27. The number of hydrogen-bond donors (Lipinski definition) is 1. The van der Waals surface area contributed by atoms with Crippen LogP contribution >= 0.6 is 0 Å². The van der Waals surface area contributed by atoms with Crippen molar-refractivity contribution in [1.82, 2.24) is 14.9 Å². The van der Waals surface area contributed by atoms with Gasteiger partial charge < -0.3 is 14.6 Å². The van der Waals surface area contributed by atoms with E-state index in [4.69, 9.17) is 9.72 Å². The number of nitrogens with one attached hydrogen (secondary N) is 1. The van der Waals surface area contributed by atoms with Crippen molar-refractivity contribution in [1.29, 1.82) is 0 Å². The molecule has 32 heavy (non-hydrogen) atoms. The fourth-order valence-corrected chi connectivity index (χ4v) is 3.98. The van der Waals surface area contributed by atoms with E-state index in [9.17, 15) is 4.79 Å². The second-order valence-electron chi connectivity index (χ2n) is 8.34. The molecular weight excluding hydrogens is 398 g/mol. The van der Waals surface area contributed by atoms with E-state index in [1.165, 1.54) is 11.1 Å². The van der Waals surface area contributed by atoms with Crippen LogP contribution in [0.1, 0.15) is 45.8 Å². The molecule has 0 saturated heterocycles. The molecule has 5 nitrogen and oxygen atoms in total. The van der Waals surface area contributed by atoms with E-state index < -0.39 is 0 Å². The summed E-state index contributed by atoms with van der Waals surface area (Å²) in [7, 11) is 0. The Morgan fingerprint density at radius 2 is 1.66 bits per heavy atom. The van der Waals surface area contributed by atoms with E-state index in [1.807, 2.05) is 68.4 Å². The van der Waals surface area contributed by atoms with Crippen LogP contribution in [0.25, 0.3) is 11.0 Å². The Balaban J connectivity index is 1.54. The molecule has 1 heterocycles. The smallest absolute Gasteiger partial charge is 0.251 e. The Labute approximate surface area is 189 Å². The monoisotopic (exact) mass is 427 g/mol. The number of rotatable bonds is 7. The molecule has 0 aliphatic rings. The zero-order valence-corrected chi connectivity index (χ0v) is 19.1. The summed E-state index contributed by atoms with van der Waals surface area (Å²) in [6.07, 6.45) is 0. The van der Waals surface area contributed by atoms with Gasteiger partial charge in [0.15, 0.2) is 0 Å². The van der Waals surface area contributed by atoms with Crippen LogP contribution in [0.4, 0.5) is 0 Å². The molecule has 0 radical (unpaired) electrons. The van der Waals surface area contributed by atoms with Gasteiger partial charge in [-0.2, -0.15) is 0 Å². The van der Waals surface area contributed by atoms with Gasteiger partial charge >= 0.3 is 0 Å². The van der Waals surface area contributed by atoms with Gasteiger partial charge in [-0.1, -0.05) is 35.9 Å². The van der Waals surface area contributed by atoms with Gasteiger partial charge in [-0.3, -0.25) is 4.79 Å². The third-order valence-corrected chi connectivity index (χ3v) is 5.51. The van der Waals surface area contributed by atoms with Crippen molar-refractivity contribution in [2.75, 3.05) is 6.61 Å². The predicted molar refractivity (Wildman–Crippen MR) is 128 cm³/mol. The molecule has 4 aromatic rings. The van der Waals surface area contributed by atoms with Crippen molar-refractivity contribution in [2.24, 2.45) is 0 Å². The molecule has 1 atom stereocenters. The number of carbonyl (C=O) groups excluding carboxylic acids is 1. The minimum Gasteiger partial charge on any atom is -0.492 e. The average molecular weight is 428 g/mol. The molecule has 0 fully saturated rings. The topological polar surface area (TPSA) is 56.2 Å². The van der Waals surface area contributed by atoms with Gasteiger partial charge in [0.2, 0.25) is 0 Å². The molecule has 1 aromatic heterocycles. The van der Waals surface area contributed by atoms with Crippen molar-refractivity contribution >= 4 is 16.9 Å². The molecule has 1 amide bonds. The normalized spacial score (nSPS) is 12.0. The molecule has 5 heteroatoms. The molecule has 0 bridgehead atoms. The van der Waals surface area contributed by atoms with Gasteiger partial charge in [0.05, 0.1) is 23.6 Å². The Morgan fingerprint density at radius 1 is 0.969 bits per heavy atom. The summed E-state index contributed by atoms with van der Waals surface area (Å²) < 4.78 is 8.19. The van der Waals surface area contributed by atoms with Crippen LogP contribution in [0.2, 0.25) is 0 Å². The van der Waals surface area contributed by atoms with Crippen LogP contribution in [0.5, 0.6) is 5.75 Å². The van der Waals surface area contributed by atoms with Gasteiger partial charge in [-0.15, -0.1) is 0 Å². The van der Waals surface area contributed by atoms with Crippen molar-refractivity contribution in [3.63, 3.8) is 0 Å². The van der Waals surface area contributed by atoms with Crippen LogP contribution in [0, 0.1) is 20.8 Å². The number of aryl methyl sites for hydroxylation is 3. The van der Waals surface area contributed by atoms with Crippen LogP contribution < -0.4 is 10.1 Å². The molecule has 164 valence electrons. The molecule has 4 rings (SSSR count). The fourth-order valence-electron chi connectivity index (χ4n) is 3.98. The Hall–Kier alpha value is -3.60. The maximum Gasteiger partial charge on any atom is 0.251 e. The number of imidazole rings is 1. The number of aromatic nitrogens is 2. The standard InChI is InChI=1S/C27H29N3O2/c1-18-9-11-22(12-10-18)27(31)28-21(4)26-29-24-7-5-6-8-25(24)30(26)13-14-32-23-16-19(2)15-20(3)17-23/h5-12,15-17,21H,13-14H2,1-4H3,(H,28,31). The molecule has 0 aliphatic heterocycles. The summed E-state index contributed by atoms with van der Waals surface area (Å²) in [4.78, 5) is 17.6. The lowest BCUT2D eigenvalue weighted by molar-refractivity contribution is 0.0937. The molecule has 0 spiro atoms. The van der Waals surface area contributed by atoms with Crippen LogP contribution in [0.15, 0.2) is 66.7 Å². The predicted octanol–water partition coefficient (Wildman–Crippen LogP) is 5.53. The summed E-state index contributed by atoms with van der Waals surface area (Å²) in [5.74, 6) is 1.58. The summed E-state index contributed by atoms with van der Waals surface area (Å²) in [5.41, 5.74) is 6.07. The van der Waals surface area contributed by atoms with E-state index in [-0.39, 0.29) is 11.9 Å². The zero-order chi connectivity index (χ0) is 22.7. The first-order chi connectivity index (χ1) is 15.4. The third kappa shape index (κ3) is 4.83. The molecule has 0 saturated carbocycles. The minimum absolute atomic E-state index is 0.109. The summed E-state index contributed by atoms with van der Waals surface area (Å²) in [6, 6.07) is 21.6. The Kier molecular flexibility index (Phi) is 6.26. The van der Waals surface area contributed by atoms with Crippen LogP contribution in [-0.2, 0) is 6.54 Å². The number of fused-ring (bicyclic) bond motifs is 1. The molecule has 3 aromatic carbocycles.